The molecule has 21 heavy (non-hydrogen) atoms. The lowest BCUT2D eigenvalue weighted by Crippen LogP contribution is -2.52. The van der Waals surface area contributed by atoms with Gasteiger partial charge in [0.25, 0.3) is 0 Å². The second kappa shape index (κ2) is 7.46. The number of alkyl carbamates (subject to hydrolysis) is 1. The zero-order valence-electron chi connectivity index (χ0n) is 15.0. The fraction of sp³-hybridized carbons (Fsp3) is 0.933. The van der Waals surface area contributed by atoms with Gasteiger partial charge >= 0.3 is 6.09 Å². The number of amides is 1. The molecule has 0 saturated heterocycles. The maximum atomic E-state index is 11.9. The summed E-state index contributed by atoms with van der Waals surface area (Å²) in [5, 5.41) is 3.68. The van der Waals surface area contributed by atoms with E-state index in [0.29, 0.717) is 5.33 Å². The molecule has 0 rings (SSSR count). The van der Waals surface area contributed by atoms with Crippen molar-refractivity contribution in [2.45, 2.75) is 84.3 Å². The van der Waals surface area contributed by atoms with Crippen molar-refractivity contribution in [2.75, 3.05) is 5.33 Å². The number of ether oxygens (including phenoxy) is 1. The molecule has 0 aliphatic carbocycles. The first-order valence-electron chi connectivity index (χ1n) is 7.43. The summed E-state index contributed by atoms with van der Waals surface area (Å²) in [6.45, 7) is 18.5. The molecule has 126 valence electrons. The van der Waals surface area contributed by atoms with Crippen LogP contribution < -0.4 is 5.32 Å². The van der Waals surface area contributed by atoms with E-state index >= 15 is 0 Å². The van der Waals surface area contributed by atoms with E-state index in [9.17, 15) is 4.79 Å². The van der Waals surface area contributed by atoms with E-state index in [1.807, 2.05) is 27.7 Å². The van der Waals surface area contributed by atoms with Crippen molar-refractivity contribution >= 4 is 30.3 Å². The van der Waals surface area contributed by atoms with Crippen LogP contribution in [0.3, 0.4) is 0 Å². The highest BCUT2D eigenvalue weighted by molar-refractivity contribution is 9.09. The molecule has 6 heteroatoms. The Kier molecular flexibility index (Phi) is 7.44. The lowest BCUT2D eigenvalue weighted by atomic mass is 10.2. The van der Waals surface area contributed by atoms with Gasteiger partial charge in [0.2, 0.25) is 0 Å². The predicted octanol–water partition coefficient (Wildman–Crippen LogP) is 4.68. The number of halogens is 1. The summed E-state index contributed by atoms with van der Waals surface area (Å²) >= 11 is 3.49. The van der Waals surface area contributed by atoms with E-state index in [2.05, 4.69) is 55.1 Å². The Morgan fingerprint density at radius 2 is 1.67 bits per heavy atom. The number of hydrogen-bond acceptors (Lipinski definition) is 3. The van der Waals surface area contributed by atoms with E-state index in [4.69, 9.17) is 9.16 Å². The third-order valence-electron chi connectivity index (χ3n) is 3.71. The van der Waals surface area contributed by atoms with Gasteiger partial charge in [0.1, 0.15) is 5.60 Å². The minimum absolute atomic E-state index is 0.0709. The molecule has 2 atom stereocenters. The maximum Gasteiger partial charge on any atom is 0.407 e. The number of hydrogen-bond donors (Lipinski definition) is 1. The Labute approximate surface area is 139 Å². The van der Waals surface area contributed by atoms with Crippen LogP contribution >= 0.6 is 15.9 Å². The third-order valence-corrected chi connectivity index (χ3v) is 8.85. The van der Waals surface area contributed by atoms with Crippen LogP contribution in [0.5, 0.6) is 0 Å². The highest BCUT2D eigenvalue weighted by Gasteiger charge is 2.40. The SMILES string of the molecule is C[C@H](NC(=O)OC(C)(C)C)[C@@H](CBr)O[Si](C)(C)C(C)(C)C. The van der Waals surface area contributed by atoms with Crippen LogP contribution in [0.1, 0.15) is 48.5 Å². The van der Waals surface area contributed by atoms with Gasteiger partial charge in [0.05, 0.1) is 12.1 Å². The molecule has 0 saturated carbocycles. The molecule has 0 bridgehead atoms. The number of carbonyl (C=O) groups excluding carboxylic acids is 1. The first kappa shape index (κ1) is 20.9. The van der Waals surface area contributed by atoms with Crippen molar-refractivity contribution in [1.82, 2.24) is 5.32 Å². The standard InChI is InChI=1S/C15H32BrNO3Si/c1-11(17-13(18)19-14(2,3)4)12(10-16)20-21(8,9)15(5,6)7/h11-12H,10H2,1-9H3,(H,17,18)/t11-,12+/m0/s1. The summed E-state index contributed by atoms with van der Waals surface area (Å²) in [6.07, 6.45) is -0.474. The summed E-state index contributed by atoms with van der Waals surface area (Å²) in [6, 6.07) is -0.117. The molecule has 4 nitrogen and oxygen atoms in total. The van der Waals surface area contributed by atoms with Crippen molar-refractivity contribution in [2.24, 2.45) is 0 Å². The number of alkyl halides is 1. The fourth-order valence-electron chi connectivity index (χ4n) is 1.41. The van der Waals surface area contributed by atoms with Crippen LogP contribution in [0, 0.1) is 0 Å². The van der Waals surface area contributed by atoms with Crippen LogP contribution in [0.25, 0.3) is 0 Å². The lowest BCUT2D eigenvalue weighted by Gasteiger charge is -2.40. The fourth-order valence-corrected chi connectivity index (χ4v) is 3.74. The van der Waals surface area contributed by atoms with Crippen LogP contribution in [0.15, 0.2) is 0 Å². The zero-order chi connectivity index (χ0) is 17.1. The van der Waals surface area contributed by atoms with Crippen LogP contribution in [-0.4, -0.2) is 37.5 Å². The van der Waals surface area contributed by atoms with Gasteiger partial charge in [-0.15, -0.1) is 0 Å². The normalized spacial score (nSPS) is 16.3. The molecule has 1 amide bonds. The van der Waals surface area contributed by atoms with Crippen LogP contribution in [0.4, 0.5) is 4.79 Å². The average molecular weight is 382 g/mol. The van der Waals surface area contributed by atoms with E-state index in [0.717, 1.165) is 0 Å². The van der Waals surface area contributed by atoms with Gasteiger partial charge in [-0.3, -0.25) is 0 Å². The molecular formula is C15H32BrNO3Si. The molecule has 0 aromatic carbocycles. The van der Waals surface area contributed by atoms with Crippen molar-refractivity contribution in [3.63, 3.8) is 0 Å². The molecule has 1 N–H and O–H groups in total. The van der Waals surface area contributed by atoms with E-state index in [-0.39, 0.29) is 17.2 Å². The van der Waals surface area contributed by atoms with Gasteiger partial charge in [-0.1, -0.05) is 36.7 Å². The molecular weight excluding hydrogens is 350 g/mol. The molecule has 0 aliphatic heterocycles. The smallest absolute Gasteiger partial charge is 0.407 e. The zero-order valence-corrected chi connectivity index (χ0v) is 17.6. The predicted molar refractivity (Wildman–Crippen MR) is 94.7 cm³/mol. The topological polar surface area (TPSA) is 47.6 Å². The number of nitrogens with one attached hydrogen (secondary N) is 1. The number of carbonyl (C=O) groups is 1. The molecule has 0 aliphatic rings. The lowest BCUT2D eigenvalue weighted by molar-refractivity contribution is 0.0460. The summed E-state index contributed by atoms with van der Waals surface area (Å²) in [4.78, 5) is 11.9. The molecule has 0 spiro atoms. The molecule has 0 fully saturated rings. The summed E-state index contributed by atoms with van der Waals surface area (Å²) in [5.41, 5.74) is -0.492. The van der Waals surface area contributed by atoms with Gasteiger partial charge in [-0.25, -0.2) is 4.79 Å². The van der Waals surface area contributed by atoms with E-state index < -0.39 is 20.0 Å². The quantitative estimate of drug-likeness (QED) is 0.555. The molecule has 0 aromatic heterocycles. The number of rotatable bonds is 5. The second-order valence-corrected chi connectivity index (χ2v) is 13.4. The largest absolute Gasteiger partial charge is 0.444 e. The summed E-state index contributed by atoms with van der Waals surface area (Å²) < 4.78 is 11.7. The Bertz CT molecular complexity index is 348. The van der Waals surface area contributed by atoms with Crippen molar-refractivity contribution in [3.8, 4) is 0 Å². The maximum absolute atomic E-state index is 11.9. The van der Waals surface area contributed by atoms with Gasteiger partial charge < -0.3 is 14.5 Å². The van der Waals surface area contributed by atoms with Crippen molar-refractivity contribution in [1.29, 1.82) is 0 Å². The Morgan fingerprint density at radius 1 is 1.19 bits per heavy atom. The Balaban J connectivity index is 4.71. The minimum Gasteiger partial charge on any atom is -0.444 e. The van der Waals surface area contributed by atoms with Crippen LogP contribution in [-0.2, 0) is 9.16 Å². The summed E-state index contributed by atoms with van der Waals surface area (Å²) in [5.74, 6) is 0. The minimum atomic E-state index is -1.87. The monoisotopic (exact) mass is 381 g/mol. The molecule has 0 aromatic rings. The Morgan fingerprint density at radius 3 is 2.00 bits per heavy atom. The Hall–Kier alpha value is -0.0731. The summed E-state index contributed by atoms with van der Waals surface area (Å²) in [7, 11) is -1.87. The van der Waals surface area contributed by atoms with Gasteiger partial charge in [0, 0.05) is 5.33 Å². The van der Waals surface area contributed by atoms with Crippen molar-refractivity contribution in [3.05, 3.63) is 0 Å². The van der Waals surface area contributed by atoms with Gasteiger partial charge in [-0.05, 0) is 45.8 Å². The molecule has 0 radical (unpaired) electrons. The van der Waals surface area contributed by atoms with E-state index in [1.165, 1.54) is 0 Å². The van der Waals surface area contributed by atoms with Gasteiger partial charge in [-0.2, -0.15) is 0 Å². The first-order chi connectivity index (χ1) is 9.19. The third kappa shape index (κ3) is 7.65. The second-order valence-electron chi connectivity index (χ2n) is 8.01. The molecule has 0 unspecified atom stereocenters. The first-order valence-corrected chi connectivity index (χ1v) is 11.5. The average Bonchev–Trinajstić information content (AvgIpc) is 2.20. The molecule has 0 heterocycles. The van der Waals surface area contributed by atoms with Gasteiger partial charge in [0.15, 0.2) is 8.32 Å². The highest BCUT2D eigenvalue weighted by Crippen LogP contribution is 2.37. The van der Waals surface area contributed by atoms with Crippen molar-refractivity contribution < 1.29 is 14.0 Å². The van der Waals surface area contributed by atoms with E-state index in [1.54, 1.807) is 0 Å². The highest BCUT2D eigenvalue weighted by atomic mass is 79.9. The van der Waals surface area contributed by atoms with Crippen LogP contribution in [0.2, 0.25) is 18.1 Å².